The van der Waals surface area contributed by atoms with Gasteiger partial charge in [0.1, 0.15) is 5.69 Å². The van der Waals surface area contributed by atoms with Gasteiger partial charge >= 0.3 is 0 Å². The first-order valence-corrected chi connectivity index (χ1v) is 7.69. The molecule has 2 rings (SSSR count). The lowest BCUT2D eigenvalue weighted by atomic mass is 10.3. The van der Waals surface area contributed by atoms with Crippen molar-refractivity contribution in [2.75, 3.05) is 17.2 Å². The van der Waals surface area contributed by atoms with E-state index in [2.05, 4.69) is 27.5 Å². The van der Waals surface area contributed by atoms with Gasteiger partial charge in [0.15, 0.2) is 0 Å². The first-order valence-electron chi connectivity index (χ1n) is 6.94. The number of benzene rings is 1. The summed E-state index contributed by atoms with van der Waals surface area (Å²) in [6, 6.07) is 6.55. The van der Waals surface area contributed by atoms with Crippen molar-refractivity contribution >= 4 is 40.7 Å². The minimum absolute atomic E-state index is 0.241. The Bertz CT molecular complexity index is 643. The van der Waals surface area contributed by atoms with Crippen molar-refractivity contribution in [3.63, 3.8) is 0 Å². The van der Waals surface area contributed by atoms with Crippen molar-refractivity contribution in [3.05, 3.63) is 46.2 Å². The van der Waals surface area contributed by atoms with Crippen molar-refractivity contribution in [2.45, 2.75) is 19.8 Å². The van der Waals surface area contributed by atoms with Crippen LogP contribution >= 0.6 is 23.2 Å². The molecule has 0 saturated carbocycles. The number of amides is 1. The Morgan fingerprint density at radius 3 is 2.64 bits per heavy atom. The molecule has 0 bridgehead atoms. The van der Waals surface area contributed by atoms with Gasteiger partial charge in [-0.1, -0.05) is 42.6 Å². The zero-order chi connectivity index (χ0) is 15.9. The molecule has 0 aliphatic heterocycles. The predicted molar refractivity (Wildman–Crippen MR) is 89.8 cm³/mol. The number of aromatic nitrogens is 2. The van der Waals surface area contributed by atoms with Gasteiger partial charge in [0, 0.05) is 12.7 Å². The second-order valence-corrected chi connectivity index (χ2v) is 5.41. The summed E-state index contributed by atoms with van der Waals surface area (Å²) >= 11 is 12.1. The summed E-state index contributed by atoms with van der Waals surface area (Å²) in [6.07, 6.45) is 3.61. The quantitative estimate of drug-likeness (QED) is 0.772. The zero-order valence-electron chi connectivity index (χ0n) is 12.1. The fraction of sp³-hybridized carbons (Fsp3) is 0.267. The minimum Gasteiger partial charge on any atom is -0.354 e. The second-order valence-electron chi connectivity index (χ2n) is 4.60. The van der Waals surface area contributed by atoms with Crippen LogP contribution < -0.4 is 10.6 Å². The van der Waals surface area contributed by atoms with Gasteiger partial charge in [0.25, 0.3) is 5.91 Å². The number of carbonyl (C=O) groups excluding carboxylic acids is 1. The maximum atomic E-state index is 12.3. The summed E-state index contributed by atoms with van der Waals surface area (Å²) in [4.78, 5) is 20.5. The van der Waals surface area contributed by atoms with Crippen molar-refractivity contribution in [1.29, 1.82) is 0 Å². The second kappa shape index (κ2) is 7.96. The van der Waals surface area contributed by atoms with E-state index >= 15 is 0 Å². The van der Waals surface area contributed by atoms with Crippen molar-refractivity contribution in [1.82, 2.24) is 9.97 Å². The summed E-state index contributed by atoms with van der Waals surface area (Å²) in [5.74, 6) is 0.0299. The van der Waals surface area contributed by atoms with Crippen molar-refractivity contribution in [2.24, 2.45) is 0 Å². The molecule has 2 N–H and O–H groups in total. The normalized spacial score (nSPS) is 10.3. The third-order valence-corrected chi connectivity index (χ3v) is 3.53. The number of nitrogens with zero attached hydrogens (tertiary/aromatic N) is 2. The molecular formula is C15H16Cl2N4O. The molecule has 0 aliphatic carbocycles. The van der Waals surface area contributed by atoms with Gasteiger partial charge in [-0.15, -0.1) is 0 Å². The molecule has 1 amide bonds. The standard InChI is InChI=1S/C15H16Cl2N4O/c1-2-3-8-18-15-19-9-7-12(20-15)14(22)21-13-10(16)5-4-6-11(13)17/h4-7,9H,2-3,8H2,1H3,(H,21,22)(H,18,19,20). The highest BCUT2D eigenvalue weighted by Crippen LogP contribution is 2.30. The molecule has 1 aromatic carbocycles. The number of halogens is 2. The zero-order valence-corrected chi connectivity index (χ0v) is 13.6. The van der Waals surface area contributed by atoms with Crippen LogP contribution in [0.5, 0.6) is 0 Å². The molecule has 0 fully saturated rings. The Morgan fingerprint density at radius 2 is 1.95 bits per heavy atom. The van der Waals surface area contributed by atoms with Crippen LogP contribution in [0.15, 0.2) is 30.5 Å². The highest BCUT2D eigenvalue weighted by molar-refractivity contribution is 6.39. The lowest BCUT2D eigenvalue weighted by Gasteiger charge is -2.09. The molecule has 1 aromatic heterocycles. The van der Waals surface area contributed by atoms with Crippen LogP contribution in [0.25, 0.3) is 0 Å². The third-order valence-electron chi connectivity index (χ3n) is 2.90. The van der Waals surface area contributed by atoms with Crippen LogP contribution in [0.3, 0.4) is 0 Å². The summed E-state index contributed by atoms with van der Waals surface area (Å²) < 4.78 is 0. The lowest BCUT2D eigenvalue weighted by molar-refractivity contribution is 0.102. The average molecular weight is 339 g/mol. The summed E-state index contributed by atoms with van der Waals surface area (Å²) in [6.45, 7) is 2.86. The lowest BCUT2D eigenvalue weighted by Crippen LogP contribution is -2.16. The molecule has 116 valence electrons. The third kappa shape index (κ3) is 4.32. The number of carbonyl (C=O) groups is 1. The van der Waals surface area contributed by atoms with Gasteiger partial charge < -0.3 is 10.6 Å². The number of para-hydroxylation sites is 1. The Hall–Kier alpha value is -1.85. The summed E-state index contributed by atoms with van der Waals surface area (Å²) in [5.41, 5.74) is 0.611. The van der Waals surface area contributed by atoms with Gasteiger partial charge in [0.05, 0.1) is 15.7 Å². The van der Waals surface area contributed by atoms with E-state index in [1.54, 1.807) is 18.2 Å². The minimum atomic E-state index is -0.393. The van der Waals surface area contributed by atoms with Gasteiger partial charge in [-0.25, -0.2) is 9.97 Å². The Balaban J connectivity index is 2.11. The van der Waals surface area contributed by atoms with Crippen molar-refractivity contribution < 1.29 is 4.79 Å². The predicted octanol–water partition coefficient (Wildman–Crippen LogP) is 4.25. The van der Waals surface area contributed by atoms with Crippen LogP contribution in [0.4, 0.5) is 11.6 Å². The monoisotopic (exact) mass is 338 g/mol. The molecule has 0 aliphatic rings. The van der Waals surface area contributed by atoms with Crippen LogP contribution in [-0.4, -0.2) is 22.4 Å². The van der Waals surface area contributed by atoms with E-state index in [4.69, 9.17) is 23.2 Å². The Morgan fingerprint density at radius 1 is 1.23 bits per heavy atom. The maximum Gasteiger partial charge on any atom is 0.274 e. The van der Waals surface area contributed by atoms with E-state index in [0.29, 0.717) is 21.7 Å². The number of anilines is 2. The first kappa shape index (κ1) is 16.5. The fourth-order valence-electron chi connectivity index (χ4n) is 1.74. The summed E-state index contributed by atoms with van der Waals surface area (Å²) in [5, 5.41) is 6.48. The molecule has 1 heterocycles. The van der Waals surface area contributed by atoms with E-state index in [0.717, 1.165) is 19.4 Å². The topological polar surface area (TPSA) is 66.9 Å². The van der Waals surface area contributed by atoms with Gasteiger partial charge in [-0.3, -0.25) is 4.79 Å². The Kier molecular flexibility index (Phi) is 5.98. The number of unbranched alkanes of at least 4 members (excludes halogenated alkanes) is 1. The molecule has 7 heteroatoms. The van der Waals surface area contributed by atoms with Crippen molar-refractivity contribution in [3.8, 4) is 0 Å². The largest absolute Gasteiger partial charge is 0.354 e. The van der Waals surface area contributed by atoms with E-state index in [9.17, 15) is 4.79 Å². The molecular weight excluding hydrogens is 323 g/mol. The molecule has 0 radical (unpaired) electrons. The van der Waals surface area contributed by atoms with E-state index < -0.39 is 5.91 Å². The Labute approximate surface area is 139 Å². The van der Waals surface area contributed by atoms with Crippen LogP contribution in [0, 0.1) is 0 Å². The molecule has 0 unspecified atom stereocenters. The average Bonchev–Trinajstić information content (AvgIpc) is 2.51. The number of hydrogen-bond donors (Lipinski definition) is 2. The van der Waals surface area contributed by atoms with Gasteiger partial charge in [0.2, 0.25) is 5.95 Å². The first-order chi connectivity index (χ1) is 10.6. The molecule has 0 saturated heterocycles. The van der Waals surface area contributed by atoms with Gasteiger partial charge in [-0.05, 0) is 24.6 Å². The number of nitrogens with one attached hydrogen (secondary N) is 2. The maximum absolute atomic E-state index is 12.3. The van der Waals surface area contributed by atoms with Gasteiger partial charge in [-0.2, -0.15) is 0 Å². The van der Waals surface area contributed by atoms with E-state index in [1.165, 1.54) is 12.3 Å². The fourth-order valence-corrected chi connectivity index (χ4v) is 2.23. The highest BCUT2D eigenvalue weighted by Gasteiger charge is 2.13. The molecule has 5 nitrogen and oxygen atoms in total. The number of rotatable bonds is 6. The molecule has 2 aromatic rings. The van der Waals surface area contributed by atoms with E-state index in [-0.39, 0.29) is 5.69 Å². The summed E-state index contributed by atoms with van der Waals surface area (Å²) in [7, 11) is 0. The number of hydrogen-bond acceptors (Lipinski definition) is 4. The molecule has 0 atom stereocenters. The van der Waals surface area contributed by atoms with Crippen LogP contribution in [0.1, 0.15) is 30.3 Å². The van der Waals surface area contributed by atoms with Crippen LogP contribution in [-0.2, 0) is 0 Å². The SMILES string of the molecule is CCCCNc1nccc(C(=O)Nc2c(Cl)cccc2Cl)n1. The highest BCUT2D eigenvalue weighted by atomic mass is 35.5. The smallest absolute Gasteiger partial charge is 0.274 e. The molecule has 0 spiro atoms. The van der Waals surface area contributed by atoms with E-state index in [1.807, 2.05) is 0 Å². The van der Waals surface area contributed by atoms with Crippen LogP contribution in [0.2, 0.25) is 10.0 Å². The molecule has 22 heavy (non-hydrogen) atoms.